The molecule has 1 aliphatic rings. The fraction of sp³-hybridized carbons (Fsp3) is 0.600. The van der Waals surface area contributed by atoms with Crippen LogP contribution in [0.2, 0.25) is 0 Å². The van der Waals surface area contributed by atoms with Crippen LogP contribution in [0.3, 0.4) is 0 Å². The molecule has 1 aliphatic heterocycles. The molecule has 7 nitrogen and oxygen atoms in total. The zero-order chi connectivity index (χ0) is 16.2. The number of rotatable bonds is 5. The summed E-state index contributed by atoms with van der Waals surface area (Å²) in [7, 11) is 0. The van der Waals surface area contributed by atoms with E-state index in [1.807, 2.05) is 24.0 Å². The van der Waals surface area contributed by atoms with E-state index in [0.29, 0.717) is 17.6 Å². The highest BCUT2D eigenvalue weighted by molar-refractivity contribution is 8.00. The number of likely N-dealkylation sites (tertiary alicyclic amines) is 1. The molecule has 1 atom stereocenters. The van der Waals surface area contributed by atoms with Crippen LogP contribution >= 0.6 is 11.8 Å². The minimum absolute atomic E-state index is 0.162. The van der Waals surface area contributed by atoms with Gasteiger partial charge in [0.25, 0.3) is 0 Å². The summed E-state index contributed by atoms with van der Waals surface area (Å²) >= 11 is 1.40. The van der Waals surface area contributed by atoms with Gasteiger partial charge in [0.15, 0.2) is 0 Å². The van der Waals surface area contributed by atoms with Gasteiger partial charge in [-0.15, -0.1) is 5.10 Å². The SMILES string of the molecule is CC1CCN(C(=O)[C@H](C)Sc2nnnn2Cc2ccco2)CC1. The third kappa shape index (κ3) is 3.93. The lowest BCUT2D eigenvalue weighted by atomic mass is 9.99. The zero-order valence-corrected chi connectivity index (χ0v) is 14.2. The molecule has 0 aromatic carbocycles. The smallest absolute Gasteiger partial charge is 0.235 e. The first-order chi connectivity index (χ1) is 11.1. The molecule has 1 amide bonds. The van der Waals surface area contributed by atoms with Crippen molar-refractivity contribution in [1.82, 2.24) is 25.1 Å². The Hall–Kier alpha value is -1.83. The fourth-order valence-electron chi connectivity index (χ4n) is 2.62. The molecule has 0 aliphatic carbocycles. The molecular weight excluding hydrogens is 314 g/mol. The van der Waals surface area contributed by atoms with Gasteiger partial charge in [0.1, 0.15) is 12.3 Å². The van der Waals surface area contributed by atoms with E-state index in [9.17, 15) is 4.79 Å². The van der Waals surface area contributed by atoms with E-state index in [-0.39, 0.29) is 11.2 Å². The van der Waals surface area contributed by atoms with Gasteiger partial charge in [0.2, 0.25) is 11.1 Å². The van der Waals surface area contributed by atoms with Crippen LogP contribution < -0.4 is 0 Å². The number of aromatic nitrogens is 4. The Kier molecular flexibility index (Phi) is 5.00. The van der Waals surface area contributed by atoms with Gasteiger partial charge in [0, 0.05) is 13.1 Å². The lowest BCUT2D eigenvalue weighted by Crippen LogP contribution is -2.41. The summed E-state index contributed by atoms with van der Waals surface area (Å²) in [6.07, 6.45) is 3.79. The number of furan rings is 1. The molecule has 124 valence electrons. The van der Waals surface area contributed by atoms with Gasteiger partial charge in [-0.2, -0.15) is 0 Å². The van der Waals surface area contributed by atoms with Crippen molar-refractivity contribution < 1.29 is 9.21 Å². The maximum Gasteiger partial charge on any atom is 0.235 e. The third-order valence-electron chi connectivity index (χ3n) is 4.11. The summed E-state index contributed by atoms with van der Waals surface area (Å²) in [5, 5.41) is 12.1. The second-order valence-corrected chi connectivity index (χ2v) is 7.27. The van der Waals surface area contributed by atoms with Gasteiger partial charge < -0.3 is 9.32 Å². The van der Waals surface area contributed by atoms with E-state index in [4.69, 9.17) is 4.42 Å². The lowest BCUT2D eigenvalue weighted by molar-refractivity contribution is -0.131. The molecule has 3 rings (SSSR count). The molecule has 23 heavy (non-hydrogen) atoms. The Morgan fingerprint density at radius 1 is 1.48 bits per heavy atom. The van der Waals surface area contributed by atoms with Crippen molar-refractivity contribution in [3.8, 4) is 0 Å². The van der Waals surface area contributed by atoms with Gasteiger partial charge in [-0.05, 0) is 48.2 Å². The quantitative estimate of drug-likeness (QED) is 0.778. The number of piperidine rings is 1. The summed E-state index contributed by atoms with van der Waals surface area (Å²) in [5.74, 6) is 1.65. The van der Waals surface area contributed by atoms with Crippen molar-refractivity contribution in [1.29, 1.82) is 0 Å². The summed E-state index contributed by atoms with van der Waals surface area (Å²) < 4.78 is 6.98. The predicted molar refractivity (Wildman–Crippen MR) is 85.9 cm³/mol. The molecule has 0 radical (unpaired) electrons. The van der Waals surface area contributed by atoms with Crippen molar-refractivity contribution in [3.05, 3.63) is 24.2 Å². The Bertz CT molecular complexity index is 634. The number of thioether (sulfide) groups is 1. The van der Waals surface area contributed by atoms with Crippen LogP contribution in [0.15, 0.2) is 28.0 Å². The van der Waals surface area contributed by atoms with Crippen molar-refractivity contribution in [3.63, 3.8) is 0 Å². The summed E-state index contributed by atoms with van der Waals surface area (Å²) in [4.78, 5) is 14.5. The molecular formula is C15H21N5O2S. The number of tetrazole rings is 1. The Balaban J connectivity index is 1.60. The maximum absolute atomic E-state index is 12.6. The highest BCUT2D eigenvalue weighted by Gasteiger charge is 2.26. The molecule has 0 unspecified atom stereocenters. The Labute approximate surface area is 139 Å². The molecule has 0 N–H and O–H groups in total. The van der Waals surface area contributed by atoms with Crippen molar-refractivity contribution in [2.75, 3.05) is 13.1 Å². The minimum Gasteiger partial charge on any atom is -0.467 e. The first-order valence-electron chi connectivity index (χ1n) is 7.87. The van der Waals surface area contributed by atoms with E-state index in [2.05, 4.69) is 22.4 Å². The molecule has 2 aromatic rings. The Morgan fingerprint density at radius 3 is 2.96 bits per heavy atom. The lowest BCUT2D eigenvalue weighted by Gasteiger charge is -2.31. The van der Waals surface area contributed by atoms with E-state index in [1.165, 1.54) is 11.8 Å². The number of carbonyl (C=O) groups excluding carboxylic acids is 1. The van der Waals surface area contributed by atoms with Gasteiger partial charge >= 0.3 is 0 Å². The molecule has 0 saturated carbocycles. The van der Waals surface area contributed by atoms with Crippen molar-refractivity contribution in [2.24, 2.45) is 5.92 Å². The third-order valence-corrected chi connectivity index (χ3v) is 5.17. The van der Waals surface area contributed by atoms with Crippen LogP contribution in [0.1, 0.15) is 32.4 Å². The van der Waals surface area contributed by atoms with E-state index < -0.39 is 0 Å². The molecule has 2 aromatic heterocycles. The van der Waals surface area contributed by atoms with Crippen LogP contribution in [0.5, 0.6) is 0 Å². The van der Waals surface area contributed by atoms with Gasteiger partial charge in [-0.1, -0.05) is 18.7 Å². The fourth-order valence-corrected chi connectivity index (χ4v) is 3.50. The van der Waals surface area contributed by atoms with E-state index >= 15 is 0 Å². The molecule has 0 bridgehead atoms. The molecule has 8 heteroatoms. The van der Waals surface area contributed by atoms with Crippen molar-refractivity contribution in [2.45, 2.75) is 43.6 Å². The maximum atomic E-state index is 12.6. The van der Waals surface area contributed by atoms with E-state index in [1.54, 1.807) is 10.9 Å². The largest absolute Gasteiger partial charge is 0.467 e. The molecule has 3 heterocycles. The number of hydrogen-bond acceptors (Lipinski definition) is 6. The van der Waals surface area contributed by atoms with Crippen molar-refractivity contribution >= 4 is 17.7 Å². The van der Waals surface area contributed by atoms with Gasteiger partial charge in [0.05, 0.1) is 11.5 Å². The highest BCUT2D eigenvalue weighted by atomic mass is 32.2. The average molecular weight is 335 g/mol. The first kappa shape index (κ1) is 16.0. The molecule has 0 spiro atoms. The first-order valence-corrected chi connectivity index (χ1v) is 8.75. The van der Waals surface area contributed by atoms with Gasteiger partial charge in [-0.25, -0.2) is 4.68 Å². The average Bonchev–Trinajstić information content (AvgIpc) is 3.20. The Morgan fingerprint density at radius 2 is 2.26 bits per heavy atom. The van der Waals surface area contributed by atoms with Crippen LogP contribution in [0.25, 0.3) is 0 Å². The van der Waals surface area contributed by atoms with Crippen LogP contribution in [0, 0.1) is 5.92 Å². The monoisotopic (exact) mass is 335 g/mol. The predicted octanol–water partition coefficient (Wildman–Crippen LogP) is 2.05. The van der Waals surface area contributed by atoms with Crippen LogP contribution in [0.4, 0.5) is 0 Å². The highest BCUT2D eigenvalue weighted by Crippen LogP contribution is 2.24. The van der Waals surface area contributed by atoms with E-state index in [0.717, 1.165) is 31.7 Å². The summed E-state index contributed by atoms with van der Waals surface area (Å²) in [5.41, 5.74) is 0. The standard InChI is InChI=1S/C15H21N5O2S/c1-11-5-7-19(8-6-11)14(21)12(2)23-15-16-17-18-20(15)10-13-4-3-9-22-13/h3-4,9,11-12H,5-8,10H2,1-2H3/t12-/m0/s1. The normalized spacial score (nSPS) is 17.4. The minimum atomic E-state index is -0.204. The topological polar surface area (TPSA) is 77.1 Å². The molecule has 1 fully saturated rings. The van der Waals surface area contributed by atoms with Gasteiger partial charge in [-0.3, -0.25) is 4.79 Å². The second-order valence-electron chi connectivity index (χ2n) is 5.97. The number of hydrogen-bond donors (Lipinski definition) is 0. The number of nitrogens with zero attached hydrogens (tertiary/aromatic N) is 5. The number of amides is 1. The van der Waals surface area contributed by atoms with Crippen LogP contribution in [-0.2, 0) is 11.3 Å². The number of carbonyl (C=O) groups is 1. The molecule has 1 saturated heterocycles. The summed E-state index contributed by atoms with van der Waals surface area (Å²) in [6.45, 7) is 6.31. The summed E-state index contributed by atoms with van der Waals surface area (Å²) in [6, 6.07) is 3.70. The zero-order valence-electron chi connectivity index (χ0n) is 13.4. The second kappa shape index (κ2) is 7.16. The van der Waals surface area contributed by atoms with Crippen LogP contribution in [-0.4, -0.2) is 49.4 Å².